The molecule has 2 rings (SSSR count). The maximum absolute atomic E-state index is 12.1. The van der Waals surface area contributed by atoms with Crippen LogP contribution < -0.4 is 0 Å². The Kier molecular flexibility index (Phi) is 3.11. The van der Waals surface area contributed by atoms with Gasteiger partial charge in [-0.2, -0.15) is 0 Å². The average Bonchev–Trinajstić information content (AvgIpc) is 2.83. The molecule has 6 nitrogen and oxygen atoms in total. The van der Waals surface area contributed by atoms with Gasteiger partial charge < -0.3 is 4.90 Å². The van der Waals surface area contributed by atoms with Gasteiger partial charge in [0, 0.05) is 19.5 Å². The normalized spacial score (nSPS) is 25.7. The van der Waals surface area contributed by atoms with E-state index in [2.05, 4.69) is 0 Å². The molecule has 0 aliphatic carbocycles. The summed E-state index contributed by atoms with van der Waals surface area (Å²) >= 11 is 0. The summed E-state index contributed by atoms with van der Waals surface area (Å²) < 4.78 is 23.8. The summed E-state index contributed by atoms with van der Waals surface area (Å²) in [6.07, 6.45) is 3.32. The Labute approximate surface area is 101 Å². The highest BCUT2D eigenvalue weighted by Gasteiger charge is 2.43. The fourth-order valence-electron chi connectivity index (χ4n) is 2.45. The third kappa shape index (κ3) is 2.29. The largest absolute Gasteiger partial charge is 0.341 e. The summed E-state index contributed by atoms with van der Waals surface area (Å²) in [4.78, 5) is 25.3. The number of likely N-dealkylation sites (tertiary alicyclic amines) is 1. The minimum Gasteiger partial charge on any atom is -0.341 e. The van der Waals surface area contributed by atoms with Crippen LogP contribution in [-0.2, 0) is 19.6 Å². The smallest absolute Gasteiger partial charge is 0.246 e. The third-order valence-electron chi connectivity index (χ3n) is 3.22. The van der Waals surface area contributed by atoms with Gasteiger partial charge in [-0.3, -0.25) is 9.59 Å². The second-order valence-electron chi connectivity index (χ2n) is 4.54. The van der Waals surface area contributed by atoms with E-state index in [9.17, 15) is 18.0 Å². The van der Waals surface area contributed by atoms with Crippen LogP contribution in [0.2, 0.25) is 0 Å². The lowest BCUT2D eigenvalue weighted by atomic mass is 10.2. The highest BCUT2D eigenvalue weighted by molar-refractivity contribution is 7.89. The first kappa shape index (κ1) is 12.3. The molecule has 0 aromatic heterocycles. The maximum Gasteiger partial charge on any atom is 0.246 e. The molecule has 0 radical (unpaired) electrons. The van der Waals surface area contributed by atoms with Gasteiger partial charge in [0.15, 0.2) is 0 Å². The van der Waals surface area contributed by atoms with E-state index in [4.69, 9.17) is 0 Å². The van der Waals surface area contributed by atoms with Crippen molar-refractivity contribution in [2.45, 2.75) is 31.7 Å². The number of hydrogen-bond donors (Lipinski definition) is 0. The van der Waals surface area contributed by atoms with Gasteiger partial charge in [0.05, 0.1) is 6.26 Å². The van der Waals surface area contributed by atoms with Gasteiger partial charge in [0.1, 0.15) is 6.04 Å². The summed E-state index contributed by atoms with van der Waals surface area (Å²) in [5.41, 5.74) is 0. The molecule has 2 saturated heterocycles. The van der Waals surface area contributed by atoms with Crippen LogP contribution in [-0.4, -0.2) is 54.8 Å². The van der Waals surface area contributed by atoms with Crippen LogP contribution in [0.3, 0.4) is 0 Å². The fourth-order valence-corrected chi connectivity index (χ4v) is 3.57. The molecular weight excluding hydrogens is 244 g/mol. The molecule has 2 fully saturated rings. The van der Waals surface area contributed by atoms with E-state index in [1.807, 2.05) is 0 Å². The molecule has 96 valence electrons. The van der Waals surface area contributed by atoms with E-state index < -0.39 is 22.0 Å². The van der Waals surface area contributed by atoms with Crippen molar-refractivity contribution in [3.05, 3.63) is 0 Å². The van der Waals surface area contributed by atoms with Gasteiger partial charge >= 0.3 is 0 Å². The van der Waals surface area contributed by atoms with Crippen molar-refractivity contribution in [2.75, 3.05) is 19.3 Å². The number of nitrogens with zero attached hydrogens (tertiary/aromatic N) is 2. The second-order valence-corrected chi connectivity index (χ2v) is 6.40. The summed E-state index contributed by atoms with van der Waals surface area (Å²) in [5, 5.41) is 0. The van der Waals surface area contributed by atoms with Crippen molar-refractivity contribution in [3.8, 4) is 0 Å². The monoisotopic (exact) mass is 260 g/mol. The number of amides is 2. The average molecular weight is 260 g/mol. The molecule has 1 atom stereocenters. The van der Waals surface area contributed by atoms with E-state index >= 15 is 0 Å². The maximum atomic E-state index is 12.1. The molecule has 0 aromatic rings. The van der Waals surface area contributed by atoms with Crippen LogP contribution in [0.4, 0.5) is 0 Å². The van der Waals surface area contributed by atoms with Crippen LogP contribution >= 0.6 is 0 Å². The number of carbonyl (C=O) groups excluding carboxylic acids is 2. The van der Waals surface area contributed by atoms with Crippen molar-refractivity contribution in [2.24, 2.45) is 0 Å². The first-order valence-corrected chi connectivity index (χ1v) is 7.57. The van der Waals surface area contributed by atoms with Gasteiger partial charge in [0.25, 0.3) is 0 Å². The molecule has 0 spiro atoms. The summed E-state index contributed by atoms with van der Waals surface area (Å²) in [6.45, 7) is 1.34. The Morgan fingerprint density at radius 1 is 1.29 bits per heavy atom. The van der Waals surface area contributed by atoms with Crippen LogP contribution in [0.5, 0.6) is 0 Å². The summed E-state index contributed by atoms with van der Waals surface area (Å²) in [7, 11) is -3.64. The molecule has 0 aromatic carbocycles. The highest BCUT2D eigenvalue weighted by Crippen LogP contribution is 2.24. The zero-order valence-corrected chi connectivity index (χ0v) is 10.6. The van der Waals surface area contributed by atoms with Gasteiger partial charge in [-0.25, -0.2) is 12.7 Å². The van der Waals surface area contributed by atoms with E-state index in [1.54, 1.807) is 4.90 Å². The standard InChI is InChI=1S/C10H16N2O4S/c1-17(15,16)12-8(4-5-9(12)13)10(14)11-6-2-3-7-11/h8H,2-7H2,1H3. The number of carbonyl (C=O) groups is 2. The zero-order valence-electron chi connectivity index (χ0n) is 9.76. The van der Waals surface area contributed by atoms with Crippen molar-refractivity contribution in [1.82, 2.24) is 9.21 Å². The van der Waals surface area contributed by atoms with Gasteiger partial charge in [-0.05, 0) is 19.3 Å². The summed E-state index contributed by atoms with van der Waals surface area (Å²) in [5.74, 6) is -0.691. The lowest BCUT2D eigenvalue weighted by molar-refractivity contribution is -0.136. The molecule has 7 heteroatoms. The number of sulfonamides is 1. The van der Waals surface area contributed by atoms with Crippen molar-refractivity contribution in [3.63, 3.8) is 0 Å². The molecule has 0 N–H and O–H groups in total. The zero-order chi connectivity index (χ0) is 12.6. The minimum absolute atomic E-state index is 0.136. The number of hydrogen-bond acceptors (Lipinski definition) is 4. The SMILES string of the molecule is CS(=O)(=O)N1C(=O)CCC1C(=O)N1CCCC1. The predicted molar refractivity (Wildman–Crippen MR) is 60.5 cm³/mol. The topological polar surface area (TPSA) is 74.8 Å². The molecule has 0 bridgehead atoms. The number of rotatable bonds is 2. The van der Waals surface area contributed by atoms with Crippen LogP contribution in [0.25, 0.3) is 0 Å². The Balaban J connectivity index is 2.20. The minimum atomic E-state index is -3.64. The first-order valence-electron chi connectivity index (χ1n) is 5.72. The van der Waals surface area contributed by atoms with E-state index in [0.29, 0.717) is 19.5 Å². The summed E-state index contributed by atoms with van der Waals surface area (Å²) in [6, 6.07) is -0.810. The quantitative estimate of drug-likeness (QED) is 0.674. The van der Waals surface area contributed by atoms with E-state index in [0.717, 1.165) is 23.4 Å². The van der Waals surface area contributed by atoms with Crippen molar-refractivity contribution >= 4 is 21.8 Å². The Morgan fingerprint density at radius 3 is 2.41 bits per heavy atom. The Morgan fingerprint density at radius 2 is 1.88 bits per heavy atom. The first-order chi connectivity index (χ1) is 7.91. The van der Waals surface area contributed by atoms with Gasteiger partial charge in [0.2, 0.25) is 21.8 Å². The Hall–Kier alpha value is -1.11. The van der Waals surface area contributed by atoms with Crippen LogP contribution in [0.1, 0.15) is 25.7 Å². The lowest BCUT2D eigenvalue weighted by Crippen LogP contribution is -2.47. The highest BCUT2D eigenvalue weighted by atomic mass is 32.2. The molecule has 17 heavy (non-hydrogen) atoms. The molecular formula is C10H16N2O4S. The lowest BCUT2D eigenvalue weighted by Gasteiger charge is -2.25. The van der Waals surface area contributed by atoms with Crippen LogP contribution in [0.15, 0.2) is 0 Å². The molecule has 2 amide bonds. The predicted octanol–water partition coefficient (Wildman–Crippen LogP) is -0.441. The van der Waals surface area contributed by atoms with Gasteiger partial charge in [-0.15, -0.1) is 0 Å². The van der Waals surface area contributed by atoms with Crippen LogP contribution in [0, 0.1) is 0 Å². The molecule has 2 heterocycles. The van der Waals surface area contributed by atoms with Gasteiger partial charge in [-0.1, -0.05) is 0 Å². The van der Waals surface area contributed by atoms with Crippen molar-refractivity contribution in [1.29, 1.82) is 0 Å². The van der Waals surface area contributed by atoms with E-state index in [-0.39, 0.29) is 12.3 Å². The van der Waals surface area contributed by atoms with Crippen molar-refractivity contribution < 1.29 is 18.0 Å². The molecule has 2 aliphatic rings. The second kappa shape index (κ2) is 4.29. The molecule has 1 unspecified atom stereocenters. The van der Waals surface area contributed by atoms with E-state index in [1.165, 1.54) is 0 Å². The molecule has 0 saturated carbocycles. The Bertz CT molecular complexity index is 439. The third-order valence-corrected chi connectivity index (χ3v) is 4.39. The fraction of sp³-hybridized carbons (Fsp3) is 0.800. The molecule has 2 aliphatic heterocycles.